The summed E-state index contributed by atoms with van der Waals surface area (Å²) < 4.78 is 0. The maximum Gasteiger partial charge on any atom is 0.270 e. The van der Waals surface area contributed by atoms with Gasteiger partial charge in [-0.3, -0.25) is 4.79 Å². The molecular formula is C19H23ClN6O2. The molecule has 2 heterocycles. The first-order valence-electron chi connectivity index (χ1n) is 8.86. The van der Waals surface area contributed by atoms with Gasteiger partial charge in [0.05, 0.1) is 5.56 Å². The lowest BCUT2D eigenvalue weighted by Gasteiger charge is -2.13. The van der Waals surface area contributed by atoms with Gasteiger partial charge >= 0.3 is 0 Å². The number of pyridine rings is 1. The van der Waals surface area contributed by atoms with Gasteiger partial charge in [-0.25, -0.2) is 4.98 Å². The highest BCUT2D eigenvalue weighted by atomic mass is 35.5. The van der Waals surface area contributed by atoms with Gasteiger partial charge in [-0.2, -0.15) is 9.97 Å². The lowest BCUT2D eigenvalue weighted by molar-refractivity contribution is 0.0958. The van der Waals surface area contributed by atoms with Crippen molar-refractivity contribution in [3.63, 3.8) is 0 Å². The van der Waals surface area contributed by atoms with E-state index in [-0.39, 0.29) is 35.2 Å². The van der Waals surface area contributed by atoms with Gasteiger partial charge in [0.15, 0.2) is 5.15 Å². The number of aromatic nitrogens is 3. The molecule has 0 aliphatic rings. The molecule has 2 rings (SSSR count). The van der Waals surface area contributed by atoms with Crippen molar-refractivity contribution in [1.82, 2.24) is 20.3 Å². The van der Waals surface area contributed by atoms with Crippen molar-refractivity contribution in [3.8, 4) is 11.8 Å². The number of hydrogen-bond acceptors (Lipinski definition) is 7. The largest absolute Gasteiger partial charge is 0.396 e. The van der Waals surface area contributed by atoms with E-state index in [0.717, 1.165) is 12.8 Å². The first-order chi connectivity index (χ1) is 13.5. The van der Waals surface area contributed by atoms with E-state index < -0.39 is 0 Å². The van der Waals surface area contributed by atoms with Gasteiger partial charge < -0.3 is 21.5 Å². The number of halogens is 1. The van der Waals surface area contributed by atoms with Crippen LogP contribution in [0.3, 0.4) is 0 Å². The Morgan fingerprint density at radius 1 is 1.39 bits per heavy atom. The summed E-state index contributed by atoms with van der Waals surface area (Å²) in [7, 11) is 1.52. The smallest absolute Gasteiger partial charge is 0.270 e. The summed E-state index contributed by atoms with van der Waals surface area (Å²) in [6, 6.07) is 3.38. The van der Waals surface area contributed by atoms with E-state index in [0.29, 0.717) is 23.5 Å². The number of nitrogens with zero attached hydrogens (tertiary/aromatic N) is 3. The van der Waals surface area contributed by atoms with Crippen molar-refractivity contribution in [3.05, 3.63) is 40.3 Å². The van der Waals surface area contributed by atoms with E-state index in [4.69, 9.17) is 17.3 Å². The fourth-order valence-electron chi connectivity index (χ4n) is 2.44. The second-order valence-electron chi connectivity index (χ2n) is 6.00. The predicted octanol–water partition coefficient (Wildman–Crippen LogP) is 1.69. The van der Waals surface area contributed by atoms with Crippen LogP contribution in [-0.4, -0.2) is 46.2 Å². The fraction of sp³-hybridized carbons (Fsp3) is 0.368. The summed E-state index contributed by atoms with van der Waals surface area (Å²) in [5.41, 5.74) is 6.75. The summed E-state index contributed by atoms with van der Waals surface area (Å²) in [5, 5.41) is 15.1. The molecular weight excluding hydrogens is 380 g/mol. The molecule has 2 aromatic rings. The number of rotatable bonds is 7. The van der Waals surface area contributed by atoms with Gasteiger partial charge in [-0.15, -0.1) is 0 Å². The van der Waals surface area contributed by atoms with E-state index in [9.17, 15) is 9.90 Å². The Morgan fingerprint density at radius 2 is 2.18 bits per heavy atom. The lowest BCUT2D eigenvalue weighted by Crippen LogP contribution is -2.20. The summed E-state index contributed by atoms with van der Waals surface area (Å²) in [6.45, 7) is 2.72. The molecule has 2 aromatic heterocycles. The molecule has 0 spiro atoms. The van der Waals surface area contributed by atoms with Gasteiger partial charge in [0.1, 0.15) is 17.1 Å². The number of amides is 1. The van der Waals surface area contributed by atoms with Crippen LogP contribution in [0, 0.1) is 17.8 Å². The SMILES string of the molecule is CCC(CO)CCNc1nc(N)nc(Cl)c1C#Cc1cccnc1C(=O)NC. The number of nitrogens with one attached hydrogen (secondary N) is 2. The first kappa shape index (κ1) is 21.4. The zero-order valence-electron chi connectivity index (χ0n) is 15.8. The molecule has 0 saturated heterocycles. The highest BCUT2D eigenvalue weighted by Gasteiger charge is 2.13. The molecule has 0 aromatic carbocycles. The average molecular weight is 403 g/mol. The molecule has 9 heteroatoms. The Morgan fingerprint density at radius 3 is 2.86 bits per heavy atom. The van der Waals surface area contributed by atoms with Gasteiger partial charge in [0.2, 0.25) is 5.95 Å². The third kappa shape index (κ3) is 5.55. The Balaban J connectivity index is 2.32. The van der Waals surface area contributed by atoms with Gasteiger partial charge in [0, 0.05) is 26.4 Å². The molecule has 28 heavy (non-hydrogen) atoms. The molecule has 148 valence electrons. The molecule has 1 amide bonds. The number of carbonyl (C=O) groups excluding carboxylic acids is 1. The van der Waals surface area contributed by atoms with Crippen LogP contribution in [0.2, 0.25) is 5.15 Å². The van der Waals surface area contributed by atoms with Crippen molar-refractivity contribution in [2.45, 2.75) is 19.8 Å². The quantitative estimate of drug-likeness (QED) is 0.410. The van der Waals surface area contributed by atoms with Crippen molar-refractivity contribution in [2.75, 3.05) is 31.2 Å². The van der Waals surface area contributed by atoms with Crippen molar-refractivity contribution >= 4 is 29.3 Å². The van der Waals surface area contributed by atoms with Crippen LogP contribution >= 0.6 is 11.6 Å². The Kier molecular flexibility index (Phi) is 7.99. The predicted molar refractivity (Wildman–Crippen MR) is 109 cm³/mol. The first-order valence-corrected chi connectivity index (χ1v) is 9.24. The molecule has 0 saturated carbocycles. The van der Waals surface area contributed by atoms with Crippen LogP contribution in [0.5, 0.6) is 0 Å². The molecule has 8 nitrogen and oxygen atoms in total. The van der Waals surface area contributed by atoms with Crippen molar-refractivity contribution in [1.29, 1.82) is 0 Å². The van der Waals surface area contributed by atoms with E-state index in [1.165, 1.54) is 13.2 Å². The monoisotopic (exact) mass is 402 g/mol. The molecule has 5 N–H and O–H groups in total. The number of nitrogens with two attached hydrogens (primary N) is 1. The number of carbonyl (C=O) groups is 1. The highest BCUT2D eigenvalue weighted by molar-refractivity contribution is 6.31. The fourth-order valence-corrected chi connectivity index (χ4v) is 2.67. The van der Waals surface area contributed by atoms with E-state index in [2.05, 4.69) is 37.4 Å². The van der Waals surface area contributed by atoms with Gasteiger partial charge in [-0.05, 0) is 24.5 Å². The number of aliphatic hydroxyl groups is 1. The summed E-state index contributed by atoms with van der Waals surface area (Å²) in [5.74, 6) is 6.12. The van der Waals surface area contributed by atoms with Crippen molar-refractivity contribution < 1.29 is 9.90 Å². The van der Waals surface area contributed by atoms with Crippen LogP contribution < -0.4 is 16.4 Å². The van der Waals surface area contributed by atoms with E-state index >= 15 is 0 Å². The topological polar surface area (TPSA) is 126 Å². The van der Waals surface area contributed by atoms with Crippen LogP contribution in [0.25, 0.3) is 0 Å². The van der Waals surface area contributed by atoms with E-state index in [1.807, 2.05) is 6.92 Å². The van der Waals surface area contributed by atoms with E-state index in [1.54, 1.807) is 12.1 Å². The Labute approximate surface area is 168 Å². The normalized spacial score (nSPS) is 11.3. The highest BCUT2D eigenvalue weighted by Crippen LogP contribution is 2.22. The van der Waals surface area contributed by atoms with Crippen LogP contribution in [0.4, 0.5) is 11.8 Å². The second kappa shape index (κ2) is 10.4. The van der Waals surface area contributed by atoms with Crippen LogP contribution in [0.15, 0.2) is 18.3 Å². The molecule has 0 fully saturated rings. The summed E-state index contributed by atoms with van der Waals surface area (Å²) in [6.07, 6.45) is 3.15. The maximum atomic E-state index is 11.9. The molecule has 0 bridgehead atoms. The minimum Gasteiger partial charge on any atom is -0.396 e. The Hall–Kier alpha value is -2.89. The second-order valence-corrected chi connectivity index (χ2v) is 6.36. The summed E-state index contributed by atoms with van der Waals surface area (Å²) in [4.78, 5) is 24.1. The third-order valence-electron chi connectivity index (χ3n) is 4.13. The molecule has 0 aliphatic heterocycles. The minimum atomic E-state index is -0.336. The van der Waals surface area contributed by atoms with Crippen LogP contribution in [-0.2, 0) is 0 Å². The Bertz CT molecular complexity index is 890. The standard InChI is InChI=1S/C19H23ClN6O2/c1-3-12(11-27)8-10-24-17-14(16(20)25-19(21)26-17)7-6-13-5-4-9-23-15(13)18(28)22-2/h4-5,9,12,27H,3,8,10-11H2,1-2H3,(H,22,28)(H3,21,24,25,26). The number of anilines is 2. The van der Waals surface area contributed by atoms with Crippen LogP contribution in [0.1, 0.15) is 41.4 Å². The number of aliphatic hydroxyl groups excluding tert-OH is 1. The number of nitrogen functional groups attached to an aromatic ring is 1. The molecule has 0 radical (unpaired) electrons. The zero-order chi connectivity index (χ0) is 20.5. The average Bonchev–Trinajstić information content (AvgIpc) is 2.70. The molecule has 1 unspecified atom stereocenters. The molecule has 1 atom stereocenters. The van der Waals surface area contributed by atoms with Gasteiger partial charge in [-0.1, -0.05) is 36.8 Å². The third-order valence-corrected chi connectivity index (χ3v) is 4.41. The maximum absolute atomic E-state index is 11.9. The van der Waals surface area contributed by atoms with Crippen molar-refractivity contribution in [2.24, 2.45) is 5.92 Å². The van der Waals surface area contributed by atoms with Gasteiger partial charge in [0.25, 0.3) is 5.91 Å². The minimum absolute atomic E-state index is 0.0275. The summed E-state index contributed by atoms with van der Waals surface area (Å²) >= 11 is 6.22. The lowest BCUT2D eigenvalue weighted by atomic mass is 10.0. The molecule has 0 aliphatic carbocycles. The number of hydrogen-bond donors (Lipinski definition) is 4. The zero-order valence-corrected chi connectivity index (χ0v) is 16.5.